The van der Waals surface area contributed by atoms with Crippen LogP contribution in [-0.2, 0) is 23.8 Å². The number of esters is 2. The molecule has 130 valence electrons. The van der Waals surface area contributed by atoms with Gasteiger partial charge in [-0.15, -0.1) is 0 Å². The number of rotatable bonds is 0. The fourth-order valence-electron chi connectivity index (χ4n) is 4.13. The van der Waals surface area contributed by atoms with E-state index in [9.17, 15) is 9.59 Å². The van der Waals surface area contributed by atoms with Gasteiger partial charge in [-0.1, -0.05) is 12.8 Å². The van der Waals surface area contributed by atoms with Crippen molar-refractivity contribution in [1.82, 2.24) is 0 Å². The second-order valence-corrected chi connectivity index (χ2v) is 7.50. The fourth-order valence-corrected chi connectivity index (χ4v) is 4.13. The first-order valence-corrected chi connectivity index (χ1v) is 8.84. The van der Waals surface area contributed by atoms with Crippen molar-refractivity contribution >= 4 is 17.7 Å². The van der Waals surface area contributed by atoms with E-state index in [1.54, 1.807) is 13.8 Å². The van der Waals surface area contributed by atoms with Crippen LogP contribution in [0.1, 0.15) is 58.8 Å². The molecule has 3 unspecified atom stereocenters. The van der Waals surface area contributed by atoms with E-state index in [0.717, 1.165) is 30.5 Å². The zero-order chi connectivity index (χ0) is 16.9. The smallest absolute Gasteiger partial charge is 0.348 e. The van der Waals surface area contributed by atoms with Crippen molar-refractivity contribution in [1.29, 1.82) is 0 Å². The van der Waals surface area contributed by atoms with Crippen LogP contribution in [0, 0.1) is 0 Å². The molecule has 3 fully saturated rings. The Bertz CT molecular complexity index is 626. The highest BCUT2D eigenvalue weighted by Crippen LogP contribution is 2.37. The van der Waals surface area contributed by atoms with E-state index in [1.165, 1.54) is 12.8 Å². The molecular formula is C18H23NO5. The van der Waals surface area contributed by atoms with Crippen molar-refractivity contribution in [3.05, 3.63) is 11.1 Å². The van der Waals surface area contributed by atoms with E-state index in [0.29, 0.717) is 18.9 Å². The summed E-state index contributed by atoms with van der Waals surface area (Å²) < 4.78 is 16.7. The maximum atomic E-state index is 12.3. The summed E-state index contributed by atoms with van der Waals surface area (Å²) in [5.74, 6) is -2.37. The molecule has 0 aromatic carbocycles. The number of ether oxygens (including phenoxy) is 3. The second kappa shape index (κ2) is 5.69. The average molecular weight is 333 g/mol. The molecule has 0 radical (unpaired) electrons. The first-order valence-electron chi connectivity index (χ1n) is 8.84. The highest BCUT2D eigenvalue weighted by Gasteiger charge is 2.43. The van der Waals surface area contributed by atoms with E-state index in [1.807, 2.05) is 0 Å². The van der Waals surface area contributed by atoms with Gasteiger partial charge in [0.05, 0.1) is 18.2 Å². The molecule has 0 spiro atoms. The molecule has 0 N–H and O–H groups in total. The molecule has 1 saturated heterocycles. The van der Waals surface area contributed by atoms with Crippen LogP contribution < -0.4 is 0 Å². The summed E-state index contributed by atoms with van der Waals surface area (Å²) in [6.45, 7) is 3.12. The van der Waals surface area contributed by atoms with Gasteiger partial charge >= 0.3 is 11.9 Å². The summed E-state index contributed by atoms with van der Waals surface area (Å²) in [6, 6.07) is 0.296. The van der Waals surface area contributed by atoms with Crippen molar-refractivity contribution in [2.45, 2.75) is 82.8 Å². The standard InChI is InChI=1S/C18H23NO5/c1-18(2)23-16(20)15(17(21)24-18)10-7-8-12-14(9-10)22-13-6-4-3-5-11(13)19-12/h11,13-14H,3-9H2,1-2H3. The van der Waals surface area contributed by atoms with E-state index in [2.05, 4.69) is 0 Å². The average Bonchev–Trinajstić information content (AvgIpc) is 2.51. The number of cyclic esters (lactones) is 2. The van der Waals surface area contributed by atoms with Crippen LogP contribution in [0.3, 0.4) is 0 Å². The van der Waals surface area contributed by atoms with E-state index >= 15 is 0 Å². The fraction of sp³-hybridized carbons (Fsp3) is 0.722. The monoisotopic (exact) mass is 333 g/mol. The van der Waals surface area contributed by atoms with Crippen LogP contribution >= 0.6 is 0 Å². The van der Waals surface area contributed by atoms with Gasteiger partial charge in [0.15, 0.2) is 0 Å². The van der Waals surface area contributed by atoms with Gasteiger partial charge in [0.25, 0.3) is 5.79 Å². The summed E-state index contributed by atoms with van der Waals surface area (Å²) in [4.78, 5) is 29.4. The Labute approximate surface area is 141 Å². The molecule has 3 atom stereocenters. The van der Waals surface area contributed by atoms with Gasteiger partial charge in [0, 0.05) is 26.0 Å². The SMILES string of the molecule is CC1(C)OC(=O)C(=C2CCC3=NC4CCCCC4OC3C2)C(=O)O1. The Morgan fingerprint density at radius 3 is 2.50 bits per heavy atom. The first-order chi connectivity index (χ1) is 11.4. The van der Waals surface area contributed by atoms with Crippen LogP contribution in [0.25, 0.3) is 0 Å². The second-order valence-electron chi connectivity index (χ2n) is 7.50. The Morgan fingerprint density at radius 2 is 1.75 bits per heavy atom. The molecule has 2 saturated carbocycles. The number of nitrogens with zero attached hydrogens (tertiary/aromatic N) is 1. The lowest BCUT2D eigenvalue weighted by Crippen LogP contribution is -2.46. The quantitative estimate of drug-likeness (QED) is 0.387. The van der Waals surface area contributed by atoms with Crippen LogP contribution in [0.15, 0.2) is 16.1 Å². The minimum atomic E-state index is -1.20. The van der Waals surface area contributed by atoms with Gasteiger partial charge in [-0.3, -0.25) is 4.99 Å². The van der Waals surface area contributed by atoms with Gasteiger partial charge < -0.3 is 14.2 Å². The van der Waals surface area contributed by atoms with Crippen LogP contribution in [0.2, 0.25) is 0 Å². The van der Waals surface area contributed by atoms with E-state index < -0.39 is 17.7 Å². The predicted molar refractivity (Wildman–Crippen MR) is 85.5 cm³/mol. The minimum absolute atomic E-state index is 0.0581. The molecule has 0 aromatic rings. The maximum Gasteiger partial charge on any atom is 0.348 e. The molecule has 4 rings (SSSR count). The van der Waals surface area contributed by atoms with Gasteiger partial charge in [0.1, 0.15) is 5.57 Å². The summed E-state index contributed by atoms with van der Waals surface area (Å²) in [6.07, 6.45) is 6.51. The molecule has 4 aliphatic rings. The lowest BCUT2D eigenvalue weighted by molar-refractivity contribution is -0.222. The maximum absolute atomic E-state index is 12.3. The van der Waals surface area contributed by atoms with Crippen molar-refractivity contribution in [3.8, 4) is 0 Å². The number of hydrogen-bond acceptors (Lipinski definition) is 6. The normalized spacial score (nSPS) is 35.4. The van der Waals surface area contributed by atoms with Gasteiger partial charge in [-0.25, -0.2) is 9.59 Å². The number of hydrogen-bond donors (Lipinski definition) is 0. The van der Waals surface area contributed by atoms with Gasteiger partial charge in [-0.2, -0.15) is 0 Å². The Morgan fingerprint density at radius 1 is 1.04 bits per heavy atom. The molecule has 0 bridgehead atoms. The molecule has 2 aliphatic carbocycles. The molecule has 2 aliphatic heterocycles. The van der Waals surface area contributed by atoms with Crippen molar-refractivity contribution in [2.75, 3.05) is 0 Å². The third-order valence-corrected chi connectivity index (χ3v) is 5.26. The zero-order valence-corrected chi connectivity index (χ0v) is 14.2. The largest absolute Gasteiger partial charge is 0.419 e. The lowest BCUT2D eigenvalue weighted by atomic mass is 9.84. The van der Waals surface area contributed by atoms with Crippen molar-refractivity contribution in [3.63, 3.8) is 0 Å². The topological polar surface area (TPSA) is 74.2 Å². The first kappa shape index (κ1) is 15.8. The Kier molecular flexibility index (Phi) is 3.75. The third kappa shape index (κ3) is 2.77. The van der Waals surface area contributed by atoms with Crippen LogP contribution in [-0.4, -0.2) is 41.7 Å². The summed E-state index contributed by atoms with van der Waals surface area (Å²) in [5.41, 5.74) is 1.92. The van der Waals surface area contributed by atoms with Crippen LogP contribution in [0.4, 0.5) is 0 Å². The zero-order valence-electron chi connectivity index (χ0n) is 14.2. The minimum Gasteiger partial charge on any atom is -0.419 e. The molecule has 6 nitrogen and oxygen atoms in total. The van der Waals surface area contributed by atoms with E-state index in [-0.39, 0.29) is 17.8 Å². The number of carbonyl (C=O) groups is 2. The molecule has 2 heterocycles. The Balaban J connectivity index is 1.58. The summed E-state index contributed by atoms with van der Waals surface area (Å²) >= 11 is 0. The lowest BCUT2D eigenvalue weighted by Gasteiger charge is -2.40. The molecule has 0 amide bonds. The van der Waals surface area contributed by atoms with E-state index in [4.69, 9.17) is 19.2 Å². The van der Waals surface area contributed by atoms with Gasteiger partial charge in [0.2, 0.25) is 0 Å². The van der Waals surface area contributed by atoms with Gasteiger partial charge in [-0.05, 0) is 31.3 Å². The number of aliphatic imine (C=N–C) groups is 1. The predicted octanol–water partition coefficient (Wildman–Crippen LogP) is 2.45. The molecule has 6 heteroatoms. The molecule has 0 aromatic heterocycles. The van der Waals surface area contributed by atoms with Crippen LogP contribution in [0.5, 0.6) is 0 Å². The van der Waals surface area contributed by atoms with Crippen molar-refractivity contribution in [2.24, 2.45) is 4.99 Å². The third-order valence-electron chi connectivity index (χ3n) is 5.26. The summed E-state index contributed by atoms with van der Waals surface area (Å²) in [7, 11) is 0. The summed E-state index contributed by atoms with van der Waals surface area (Å²) in [5, 5.41) is 0. The van der Waals surface area contributed by atoms with Crippen molar-refractivity contribution < 1.29 is 23.8 Å². The highest BCUT2D eigenvalue weighted by molar-refractivity contribution is 6.16. The molecule has 24 heavy (non-hydrogen) atoms. The Hall–Kier alpha value is -1.69. The molecular weight excluding hydrogens is 310 g/mol. The number of carbonyl (C=O) groups excluding carboxylic acids is 2. The highest BCUT2D eigenvalue weighted by atomic mass is 16.7. The number of fused-ring (bicyclic) bond motifs is 2.